The Morgan fingerprint density at radius 1 is 1.48 bits per heavy atom. The lowest BCUT2D eigenvalue weighted by molar-refractivity contribution is 0.0971. The molecule has 0 aromatic heterocycles. The fraction of sp³-hybridized carbons (Fsp3) is 0.588. The number of anilines is 1. The van der Waals surface area contributed by atoms with Gasteiger partial charge in [-0.25, -0.2) is 0 Å². The molecule has 0 spiro atoms. The lowest BCUT2D eigenvalue weighted by Crippen LogP contribution is -2.42. The number of piperidine rings is 1. The molecule has 0 bridgehead atoms. The van der Waals surface area contributed by atoms with Crippen LogP contribution in [0.3, 0.4) is 0 Å². The topological polar surface area (TPSA) is 59.3 Å². The number of hydrogen-bond donors (Lipinski definition) is 2. The Morgan fingerprint density at radius 3 is 2.86 bits per heavy atom. The summed E-state index contributed by atoms with van der Waals surface area (Å²) in [5.41, 5.74) is 2.85. The van der Waals surface area contributed by atoms with Gasteiger partial charge in [0.25, 0.3) is 0 Å². The van der Waals surface area contributed by atoms with E-state index in [4.69, 9.17) is 0 Å². The third kappa shape index (κ3) is 3.96. The second-order valence-corrected chi connectivity index (χ2v) is 6.28. The summed E-state index contributed by atoms with van der Waals surface area (Å²) in [5.74, 6) is 0.243. The summed E-state index contributed by atoms with van der Waals surface area (Å²) >= 11 is 0. The van der Waals surface area contributed by atoms with Crippen LogP contribution in [0.5, 0.6) is 0 Å². The van der Waals surface area contributed by atoms with Crippen LogP contribution in [0.15, 0.2) is 18.2 Å². The summed E-state index contributed by atoms with van der Waals surface area (Å²) in [5, 5.41) is 22.6. The highest BCUT2D eigenvalue weighted by atomic mass is 16.3. The molecule has 2 rings (SSSR count). The van der Waals surface area contributed by atoms with E-state index in [9.17, 15) is 10.4 Å². The quantitative estimate of drug-likeness (QED) is 0.892. The van der Waals surface area contributed by atoms with Crippen LogP contribution in [-0.4, -0.2) is 30.3 Å². The molecule has 21 heavy (non-hydrogen) atoms. The SMILES string of the molecule is CC(C)NCc1ccc(N2CCC(O)C(C)C2)c(C#N)c1. The van der Waals surface area contributed by atoms with Crippen LogP contribution >= 0.6 is 0 Å². The van der Waals surface area contributed by atoms with E-state index in [1.165, 1.54) is 0 Å². The highest BCUT2D eigenvalue weighted by molar-refractivity contribution is 5.60. The summed E-state index contributed by atoms with van der Waals surface area (Å²) in [6, 6.07) is 8.84. The molecule has 4 heteroatoms. The summed E-state index contributed by atoms with van der Waals surface area (Å²) < 4.78 is 0. The number of nitrogens with one attached hydrogen (secondary N) is 1. The number of hydrogen-bond acceptors (Lipinski definition) is 4. The van der Waals surface area contributed by atoms with E-state index in [1.807, 2.05) is 12.1 Å². The minimum absolute atomic E-state index is 0.221. The van der Waals surface area contributed by atoms with Gasteiger partial charge in [-0.15, -0.1) is 0 Å². The second kappa shape index (κ2) is 6.93. The molecular formula is C17H25N3O. The molecule has 0 saturated carbocycles. The van der Waals surface area contributed by atoms with Gasteiger partial charge in [0, 0.05) is 25.7 Å². The Bertz CT molecular complexity index is 521. The number of nitriles is 1. The lowest BCUT2D eigenvalue weighted by Gasteiger charge is -2.36. The zero-order valence-electron chi connectivity index (χ0n) is 13.1. The van der Waals surface area contributed by atoms with E-state index in [-0.39, 0.29) is 12.0 Å². The largest absolute Gasteiger partial charge is 0.393 e. The maximum absolute atomic E-state index is 9.83. The molecule has 1 fully saturated rings. The van der Waals surface area contributed by atoms with Crippen LogP contribution in [0.4, 0.5) is 5.69 Å². The van der Waals surface area contributed by atoms with Crippen molar-refractivity contribution >= 4 is 5.69 Å². The van der Waals surface area contributed by atoms with E-state index in [0.29, 0.717) is 6.04 Å². The van der Waals surface area contributed by atoms with Crippen molar-refractivity contribution < 1.29 is 5.11 Å². The van der Waals surface area contributed by atoms with Crippen molar-refractivity contribution in [2.24, 2.45) is 5.92 Å². The second-order valence-electron chi connectivity index (χ2n) is 6.28. The molecule has 1 aliphatic rings. The van der Waals surface area contributed by atoms with E-state index in [0.717, 1.165) is 42.9 Å². The highest BCUT2D eigenvalue weighted by Gasteiger charge is 2.25. The smallest absolute Gasteiger partial charge is 0.101 e. The Morgan fingerprint density at radius 2 is 2.24 bits per heavy atom. The summed E-state index contributed by atoms with van der Waals surface area (Å²) in [6.07, 6.45) is 0.546. The monoisotopic (exact) mass is 287 g/mol. The van der Waals surface area contributed by atoms with Crippen LogP contribution in [0.2, 0.25) is 0 Å². The van der Waals surface area contributed by atoms with Gasteiger partial charge < -0.3 is 15.3 Å². The van der Waals surface area contributed by atoms with Gasteiger partial charge in [-0.05, 0) is 30.0 Å². The molecule has 1 aromatic carbocycles. The number of aliphatic hydroxyl groups is 1. The molecule has 4 nitrogen and oxygen atoms in total. The molecule has 0 radical (unpaired) electrons. The highest BCUT2D eigenvalue weighted by Crippen LogP contribution is 2.27. The van der Waals surface area contributed by atoms with Gasteiger partial charge in [0.15, 0.2) is 0 Å². The number of aliphatic hydroxyl groups excluding tert-OH is 1. The fourth-order valence-corrected chi connectivity index (χ4v) is 2.73. The standard InChI is InChI=1S/C17H25N3O/c1-12(2)19-10-14-4-5-16(15(8-14)9-18)20-7-6-17(21)13(3)11-20/h4-5,8,12-13,17,19,21H,6-7,10-11H2,1-3H3. The van der Waals surface area contributed by atoms with E-state index >= 15 is 0 Å². The van der Waals surface area contributed by atoms with E-state index in [1.54, 1.807) is 0 Å². The zero-order valence-corrected chi connectivity index (χ0v) is 13.1. The Kier molecular flexibility index (Phi) is 5.22. The van der Waals surface area contributed by atoms with E-state index in [2.05, 4.69) is 43.1 Å². The van der Waals surface area contributed by atoms with Gasteiger partial charge in [-0.2, -0.15) is 5.26 Å². The molecule has 114 valence electrons. The first-order chi connectivity index (χ1) is 10.0. The Hall–Kier alpha value is -1.57. The first kappa shape index (κ1) is 15.8. The average molecular weight is 287 g/mol. The minimum Gasteiger partial charge on any atom is -0.393 e. The molecule has 0 aliphatic carbocycles. The zero-order chi connectivity index (χ0) is 15.4. The van der Waals surface area contributed by atoms with Crippen LogP contribution in [0.25, 0.3) is 0 Å². The molecule has 2 unspecified atom stereocenters. The van der Waals surface area contributed by atoms with E-state index < -0.39 is 0 Å². The van der Waals surface area contributed by atoms with Gasteiger partial charge >= 0.3 is 0 Å². The van der Waals surface area contributed by atoms with Crippen molar-refractivity contribution in [2.45, 2.75) is 45.9 Å². The maximum Gasteiger partial charge on any atom is 0.101 e. The molecule has 1 aromatic rings. The summed E-state index contributed by atoms with van der Waals surface area (Å²) in [4.78, 5) is 2.22. The van der Waals surface area contributed by atoms with Gasteiger partial charge in [0.05, 0.1) is 17.4 Å². The molecule has 2 N–H and O–H groups in total. The third-order valence-corrected chi connectivity index (χ3v) is 4.10. The van der Waals surface area contributed by atoms with Gasteiger partial charge in [0.1, 0.15) is 6.07 Å². The predicted molar refractivity (Wildman–Crippen MR) is 85.1 cm³/mol. The van der Waals surface area contributed by atoms with Crippen molar-refractivity contribution in [1.29, 1.82) is 5.26 Å². The van der Waals surface area contributed by atoms with Gasteiger partial charge in [-0.3, -0.25) is 0 Å². The van der Waals surface area contributed by atoms with Crippen LogP contribution < -0.4 is 10.2 Å². The van der Waals surface area contributed by atoms with Crippen LogP contribution in [-0.2, 0) is 6.54 Å². The van der Waals surface area contributed by atoms with Crippen molar-refractivity contribution in [3.05, 3.63) is 29.3 Å². The molecule has 2 atom stereocenters. The lowest BCUT2D eigenvalue weighted by atomic mass is 9.95. The minimum atomic E-state index is -0.221. The molecule has 0 amide bonds. The van der Waals surface area contributed by atoms with Crippen molar-refractivity contribution in [2.75, 3.05) is 18.0 Å². The third-order valence-electron chi connectivity index (χ3n) is 4.10. The fourth-order valence-electron chi connectivity index (χ4n) is 2.73. The maximum atomic E-state index is 9.83. The number of rotatable bonds is 4. The molecule has 1 heterocycles. The first-order valence-electron chi connectivity index (χ1n) is 7.70. The summed E-state index contributed by atoms with van der Waals surface area (Å²) in [6.45, 7) is 8.68. The first-order valence-corrected chi connectivity index (χ1v) is 7.70. The van der Waals surface area contributed by atoms with Gasteiger partial charge in [-0.1, -0.05) is 26.8 Å². The van der Waals surface area contributed by atoms with Crippen molar-refractivity contribution in [3.63, 3.8) is 0 Å². The van der Waals surface area contributed by atoms with Crippen molar-refractivity contribution in [3.8, 4) is 6.07 Å². The summed E-state index contributed by atoms with van der Waals surface area (Å²) in [7, 11) is 0. The molecular weight excluding hydrogens is 262 g/mol. The number of nitrogens with zero attached hydrogens (tertiary/aromatic N) is 2. The predicted octanol–water partition coefficient (Wildman–Crippen LogP) is 2.26. The van der Waals surface area contributed by atoms with Crippen LogP contribution in [0, 0.1) is 17.2 Å². The Labute approximate surface area is 127 Å². The normalized spacial score (nSPS) is 22.4. The van der Waals surface area contributed by atoms with Gasteiger partial charge in [0.2, 0.25) is 0 Å². The Balaban J connectivity index is 2.15. The molecule has 1 aliphatic heterocycles. The van der Waals surface area contributed by atoms with Crippen molar-refractivity contribution in [1.82, 2.24) is 5.32 Å². The average Bonchev–Trinajstić information content (AvgIpc) is 2.47. The molecule has 1 saturated heterocycles. The number of benzene rings is 1. The van der Waals surface area contributed by atoms with Crippen LogP contribution in [0.1, 0.15) is 38.3 Å².